The van der Waals surface area contributed by atoms with Crippen molar-refractivity contribution in [1.82, 2.24) is 20.2 Å². The van der Waals surface area contributed by atoms with E-state index in [1.54, 1.807) is 0 Å². The number of nitrogens with one attached hydrogen (secondary N) is 3. The Balaban J connectivity index is 1.97. The predicted octanol–water partition coefficient (Wildman–Crippen LogP) is -2.03. The normalized spacial score (nSPS) is 23.6. The number of aromatic nitrogens is 2. The van der Waals surface area contributed by atoms with E-state index in [-0.39, 0.29) is 12.3 Å². The van der Waals surface area contributed by atoms with Gasteiger partial charge in [0.1, 0.15) is 12.7 Å². The van der Waals surface area contributed by atoms with Crippen molar-refractivity contribution < 1.29 is 29.3 Å². The smallest absolute Gasteiger partial charge is 0.407 e. The zero-order valence-electron chi connectivity index (χ0n) is 16.1. The molecule has 1 aliphatic rings. The van der Waals surface area contributed by atoms with Crippen molar-refractivity contribution in [2.75, 3.05) is 26.3 Å². The van der Waals surface area contributed by atoms with Crippen molar-refractivity contribution in [3.05, 3.63) is 33.1 Å². The first kappa shape index (κ1) is 22.6. The summed E-state index contributed by atoms with van der Waals surface area (Å²) in [6.07, 6.45) is -0.503. The van der Waals surface area contributed by atoms with Crippen LogP contribution in [0.4, 0.5) is 4.79 Å². The first-order valence-electron chi connectivity index (χ1n) is 9.22. The summed E-state index contributed by atoms with van der Waals surface area (Å²) in [7, 11) is 0. The average molecular weight is 414 g/mol. The number of H-pyrrole nitrogens is 1. The maximum Gasteiger partial charge on any atom is 0.407 e. The first-order chi connectivity index (χ1) is 13.8. The van der Waals surface area contributed by atoms with Gasteiger partial charge in [0.25, 0.3) is 5.56 Å². The Kier molecular flexibility index (Phi) is 7.93. The van der Waals surface area contributed by atoms with E-state index < -0.39 is 48.5 Å². The lowest BCUT2D eigenvalue weighted by atomic mass is 10.1. The number of hydrogen-bond acceptors (Lipinski definition) is 8. The molecule has 0 bridgehead atoms. The largest absolute Gasteiger partial charge is 0.444 e. The summed E-state index contributed by atoms with van der Waals surface area (Å²) in [5, 5.41) is 24.6. The van der Waals surface area contributed by atoms with Crippen LogP contribution in [0.3, 0.4) is 0 Å². The highest BCUT2D eigenvalue weighted by Gasteiger charge is 2.49. The second kappa shape index (κ2) is 10.2. The molecule has 2 amide bonds. The number of aromatic amines is 1. The fourth-order valence-corrected chi connectivity index (χ4v) is 3.02. The highest BCUT2D eigenvalue weighted by Crippen LogP contribution is 2.34. The van der Waals surface area contributed by atoms with Gasteiger partial charge >= 0.3 is 11.8 Å². The van der Waals surface area contributed by atoms with Crippen LogP contribution < -0.4 is 21.9 Å². The lowest BCUT2D eigenvalue weighted by molar-refractivity contribution is -0.143. The van der Waals surface area contributed by atoms with Gasteiger partial charge in [-0.15, -0.1) is 0 Å². The molecule has 29 heavy (non-hydrogen) atoms. The lowest BCUT2D eigenvalue weighted by Crippen LogP contribution is -2.48. The second-order valence-corrected chi connectivity index (χ2v) is 6.73. The minimum absolute atomic E-state index is 0.125. The van der Waals surface area contributed by atoms with E-state index in [1.807, 2.05) is 0 Å². The molecule has 1 aliphatic heterocycles. The third-order valence-corrected chi connectivity index (χ3v) is 4.45. The summed E-state index contributed by atoms with van der Waals surface area (Å²) in [5.74, 6) is -0.125. The molecule has 1 saturated heterocycles. The number of rotatable bonds is 9. The number of amides is 2. The Morgan fingerprint density at radius 3 is 2.62 bits per heavy atom. The molecule has 12 nitrogen and oxygen atoms in total. The number of nitrogens with zero attached hydrogens (tertiary/aromatic N) is 1. The molecule has 1 fully saturated rings. The molecule has 162 valence electrons. The Morgan fingerprint density at radius 1 is 1.34 bits per heavy atom. The lowest BCUT2D eigenvalue weighted by Gasteiger charge is -2.30. The molecule has 12 heteroatoms. The Labute approximate surface area is 165 Å². The summed E-state index contributed by atoms with van der Waals surface area (Å²) >= 11 is 0. The SMILES string of the molecule is CC(=O)NCCCCNC(=O)OC[C@]1(n2ccc(=O)[nH]c2=O)C[C@H](O)[C@@H](CO)O1. The molecular weight excluding hydrogens is 388 g/mol. The maximum absolute atomic E-state index is 12.2. The maximum atomic E-state index is 12.2. The van der Waals surface area contributed by atoms with Gasteiger partial charge in [-0.2, -0.15) is 0 Å². The van der Waals surface area contributed by atoms with Crippen LogP contribution in [0.1, 0.15) is 26.2 Å². The van der Waals surface area contributed by atoms with Crippen LogP contribution in [0.25, 0.3) is 0 Å². The van der Waals surface area contributed by atoms with Crippen LogP contribution in [0.15, 0.2) is 21.9 Å². The van der Waals surface area contributed by atoms with Crippen molar-refractivity contribution in [1.29, 1.82) is 0 Å². The molecule has 0 aliphatic carbocycles. The Bertz CT molecular complexity index is 822. The monoisotopic (exact) mass is 414 g/mol. The molecule has 3 atom stereocenters. The molecule has 0 aromatic carbocycles. The fraction of sp³-hybridized carbons (Fsp3) is 0.647. The molecular formula is C17H26N4O8. The van der Waals surface area contributed by atoms with Gasteiger partial charge in [-0.05, 0) is 12.8 Å². The van der Waals surface area contributed by atoms with Gasteiger partial charge in [0, 0.05) is 38.7 Å². The van der Waals surface area contributed by atoms with Crippen molar-refractivity contribution in [3.63, 3.8) is 0 Å². The number of carbonyl (C=O) groups excluding carboxylic acids is 2. The highest BCUT2D eigenvalue weighted by atomic mass is 16.6. The van der Waals surface area contributed by atoms with Crippen LogP contribution >= 0.6 is 0 Å². The van der Waals surface area contributed by atoms with Gasteiger partial charge in [-0.25, -0.2) is 9.59 Å². The molecule has 0 radical (unpaired) electrons. The van der Waals surface area contributed by atoms with E-state index in [0.29, 0.717) is 25.9 Å². The summed E-state index contributed by atoms with van der Waals surface area (Å²) in [4.78, 5) is 48.3. The number of aliphatic hydroxyl groups is 2. The van der Waals surface area contributed by atoms with E-state index in [0.717, 1.165) is 10.6 Å². The fourth-order valence-electron chi connectivity index (χ4n) is 3.02. The Hall–Kier alpha value is -2.70. The van der Waals surface area contributed by atoms with Gasteiger partial charge in [0.15, 0.2) is 5.72 Å². The van der Waals surface area contributed by atoms with Gasteiger partial charge in [0.2, 0.25) is 5.91 Å². The molecule has 5 N–H and O–H groups in total. The van der Waals surface area contributed by atoms with E-state index in [9.17, 15) is 29.4 Å². The standard InChI is InChI=1S/C17H26N4O8/c1-11(23)18-5-2-3-6-19-16(27)28-10-17(8-12(24)13(9-22)29-17)21-7-4-14(25)20-15(21)26/h4,7,12-13,22,24H,2-3,5-6,8-10H2,1H3,(H,18,23)(H,19,27)(H,20,25,26)/t12-,13+,17-/m0/s1. The van der Waals surface area contributed by atoms with Crippen molar-refractivity contribution >= 4 is 12.0 Å². The minimum atomic E-state index is -1.57. The summed E-state index contributed by atoms with van der Waals surface area (Å²) < 4.78 is 11.8. The van der Waals surface area contributed by atoms with E-state index in [4.69, 9.17) is 9.47 Å². The number of unbranched alkanes of at least 4 members (excludes halogenated alkanes) is 1. The average Bonchev–Trinajstić information content (AvgIpc) is 2.99. The van der Waals surface area contributed by atoms with Crippen molar-refractivity contribution in [2.24, 2.45) is 0 Å². The van der Waals surface area contributed by atoms with Crippen LogP contribution in [0, 0.1) is 0 Å². The topological polar surface area (TPSA) is 172 Å². The predicted molar refractivity (Wildman–Crippen MR) is 99.1 cm³/mol. The molecule has 0 unspecified atom stereocenters. The zero-order chi connectivity index (χ0) is 21.4. The minimum Gasteiger partial charge on any atom is -0.444 e. The molecule has 2 rings (SSSR count). The molecule has 2 heterocycles. The third-order valence-electron chi connectivity index (χ3n) is 4.45. The summed E-state index contributed by atoms with van der Waals surface area (Å²) in [6.45, 7) is 1.31. The van der Waals surface area contributed by atoms with Crippen LogP contribution in [0.5, 0.6) is 0 Å². The molecule has 0 saturated carbocycles. The van der Waals surface area contributed by atoms with Crippen LogP contribution in [-0.4, -0.2) is 70.3 Å². The van der Waals surface area contributed by atoms with Gasteiger partial charge in [-0.1, -0.05) is 0 Å². The number of carbonyl (C=O) groups is 2. The zero-order valence-corrected chi connectivity index (χ0v) is 16.1. The van der Waals surface area contributed by atoms with Gasteiger partial charge in [-0.3, -0.25) is 19.1 Å². The quantitative estimate of drug-likeness (QED) is 0.288. The van der Waals surface area contributed by atoms with Crippen molar-refractivity contribution in [2.45, 2.75) is 44.1 Å². The summed E-state index contributed by atoms with van der Waals surface area (Å²) in [6, 6.07) is 1.10. The van der Waals surface area contributed by atoms with E-state index >= 15 is 0 Å². The van der Waals surface area contributed by atoms with Crippen molar-refractivity contribution in [3.8, 4) is 0 Å². The highest BCUT2D eigenvalue weighted by molar-refractivity contribution is 5.72. The number of aliphatic hydroxyl groups excluding tert-OH is 2. The second-order valence-electron chi connectivity index (χ2n) is 6.73. The van der Waals surface area contributed by atoms with E-state index in [1.165, 1.54) is 13.1 Å². The molecule has 1 aromatic heterocycles. The molecule has 1 aromatic rings. The summed E-state index contributed by atoms with van der Waals surface area (Å²) in [5.41, 5.74) is -2.99. The molecule has 0 spiro atoms. The number of alkyl carbamates (subject to hydrolysis) is 1. The number of hydrogen-bond donors (Lipinski definition) is 5. The van der Waals surface area contributed by atoms with Crippen LogP contribution in [-0.2, 0) is 20.0 Å². The Morgan fingerprint density at radius 2 is 2.03 bits per heavy atom. The van der Waals surface area contributed by atoms with E-state index in [2.05, 4.69) is 15.6 Å². The number of ether oxygens (including phenoxy) is 2. The van der Waals surface area contributed by atoms with Gasteiger partial charge in [0.05, 0.1) is 12.7 Å². The first-order valence-corrected chi connectivity index (χ1v) is 9.22. The van der Waals surface area contributed by atoms with Crippen LogP contribution in [0.2, 0.25) is 0 Å². The van der Waals surface area contributed by atoms with Gasteiger partial charge < -0.3 is 30.3 Å². The third kappa shape index (κ3) is 6.14.